The Hall–Kier alpha value is -2.28. The summed E-state index contributed by atoms with van der Waals surface area (Å²) in [6, 6.07) is 5.43. The molecule has 0 atom stereocenters. The molecule has 2 aromatic heterocycles. The van der Waals surface area contributed by atoms with E-state index in [-0.39, 0.29) is 17.7 Å². The van der Waals surface area contributed by atoms with Crippen LogP contribution in [-0.2, 0) is 4.79 Å². The molecule has 2 heterocycles. The molecule has 0 aromatic carbocycles. The number of nitrogens with zero attached hydrogens (tertiary/aromatic N) is 2. The predicted octanol–water partition coefficient (Wildman–Crippen LogP) is 2.55. The maximum Gasteiger partial charge on any atom is 0.265 e. The van der Waals surface area contributed by atoms with Crippen molar-refractivity contribution in [2.75, 3.05) is 11.9 Å². The molecular weight excluding hydrogens is 300 g/mol. The lowest BCUT2D eigenvalue weighted by atomic mass is 10.1. The topological polar surface area (TPSA) is 84.0 Å². The summed E-state index contributed by atoms with van der Waals surface area (Å²) in [4.78, 5) is 28.8. The highest BCUT2D eigenvalue weighted by Crippen LogP contribution is 2.32. The van der Waals surface area contributed by atoms with Crippen LogP contribution in [0.15, 0.2) is 24.4 Å². The maximum atomic E-state index is 12.1. The normalized spacial score (nSPS) is 10.5. The van der Waals surface area contributed by atoms with Gasteiger partial charge in [-0.1, -0.05) is 19.9 Å². The van der Waals surface area contributed by atoms with Crippen LogP contribution in [-0.4, -0.2) is 27.7 Å². The van der Waals surface area contributed by atoms with Gasteiger partial charge in [0.2, 0.25) is 5.91 Å². The molecule has 2 aromatic rings. The van der Waals surface area contributed by atoms with Crippen molar-refractivity contribution in [3.8, 4) is 11.4 Å². The van der Waals surface area contributed by atoms with Crippen molar-refractivity contribution in [1.29, 1.82) is 0 Å². The number of hydrogen-bond acceptors (Lipinski definition) is 5. The molecule has 22 heavy (non-hydrogen) atoms. The Morgan fingerprint density at radius 3 is 2.68 bits per heavy atom. The summed E-state index contributed by atoms with van der Waals surface area (Å²) in [5, 5.41) is 5.53. The van der Waals surface area contributed by atoms with E-state index in [1.807, 2.05) is 13.0 Å². The van der Waals surface area contributed by atoms with Crippen LogP contribution in [0.4, 0.5) is 5.69 Å². The first-order valence-electron chi connectivity index (χ1n) is 7.04. The number of pyridine rings is 1. The van der Waals surface area contributed by atoms with Gasteiger partial charge >= 0.3 is 0 Å². The van der Waals surface area contributed by atoms with Gasteiger partial charge < -0.3 is 10.6 Å². The van der Waals surface area contributed by atoms with Crippen molar-refractivity contribution in [2.24, 2.45) is 5.92 Å². The van der Waals surface area contributed by atoms with Crippen LogP contribution in [0, 0.1) is 5.92 Å². The molecule has 116 valence electrons. The minimum atomic E-state index is -0.249. The molecule has 0 fully saturated rings. The van der Waals surface area contributed by atoms with Crippen LogP contribution in [0.25, 0.3) is 11.4 Å². The van der Waals surface area contributed by atoms with Crippen molar-refractivity contribution < 1.29 is 9.59 Å². The quantitative estimate of drug-likeness (QED) is 0.887. The standard InChI is InChI=1S/C15H18N4O2S/c1-4-16-15(21)13-12(18-14(20)9(2)3)11(19-22-13)10-7-5-6-8-17-10/h5-9H,4H2,1-3H3,(H,16,21)(H,18,20). The third-order valence-electron chi connectivity index (χ3n) is 2.92. The first-order valence-corrected chi connectivity index (χ1v) is 7.82. The number of amides is 2. The van der Waals surface area contributed by atoms with E-state index in [9.17, 15) is 9.59 Å². The highest BCUT2D eigenvalue weighted by molar-refractivity contribution is 7.09. The summed E-state index contributed by atoms with van der Waals surface area (Å²) in [5.41, 5.74) is 1.56. The molecule has 0 aliphatic carbocycles. The van der Waals surface area contributed by atoms with Crippen molar-refractivity contribution in [3.05, 3.63) is 29.3 Å². The van der Waals surface area contributed by atoms with E-state index in [1.165, 1.54) is 0 Å². The van der Waals surface area contributed by atoms with Crippen molar-refractivity contribution in [1.82, 2.24) is 14.7 Å². The molecule has 6 nitrogen and oxygen atoms in total. The minimum Gasteiger partial charge on any atom is -0.352 e. The molecule has 0 unspecified atom stereocenters. The van der Waals surface area contributed by atoms with Crippen molar-refractivity contribution in [3.63, 3.8) is 0 Å². The van der Waals surface area contributed by atoms with Crippen LogP contribution in [0.5, 0.6) is 0 Å². The Kier molecular flexibility index (Phi) is 5.21. The van der Waals surface area contributed by atoms with Crippen molar-refractivity contribution in [2.45, 2.75) is 20.8 Å². The van der Waals surface area contributed by atoms with Gasteiger partial charge in [0, 0.05) is 18.7 Å². The van der Waals surface area contributed by atoms with Gasteiger partial charge in [-0.2, -0.15) is 4.37 Å². The van der Waals surface area contributed by atoms with E-state index < -0.39 is 0 Å². The lowest BCUT2D eigenvalue weighted by molar-refractivity contribution is -0.118. The van der Waals surface area contributed by atoms with Gasteiger partial charge in [0.25, 0.3) is 5.91 Å². The number of hydrogen-bond donors (Lipinski definition) is 2. The van der Waals surface area contributed by atoms with Crippen LogP contribution >= 0.6 is 11.5 Å². The van der Waals surface area contributed by atoms with E-state index in [4.69, 9.17) is 0 Å². The van der Waals surface area contributed by atoms with E-state index in [0.29, 0.717) is 28.5 Å². The molecular formula is C15H18N4O2S. The van der Waals surface area contributed by atoms with E-state index in [0.717, 1.165) is 11.5 Å². The van der Waals surface area contributed by atoms with Crippen molar-refractivity contribution >= 4 is 29.0 Å². The van der Waals surface area contributed by atoms with Gasteiger partial charge in [0.05, 0.1) is 11.4 Å². The highest BCUT2D eigenvalue weighted by atomic mass is 32.1. The van der Waals surface area contributed by atoms with Gasteiger partial charge in [0.1, 0.15) is 10.6 Å². The Morgan fingerprint density at radius 2 is 2.09 bits per heavy atom. The molecule has 0 bridgehead atoms. The molecule has 2 N–H and O–H groups in total. The summed E-state index contributed by atoms with van der Waals surface area (Å²) in [6.45, 7) is 5.93. The Balaban J connectivity index is 2.46. The lowest BCUT2D eigenvalue weighted by Crippen LogP contribution is -2.24. The van der Waals surface area contributed by atoms with E-state index >= 15 is 0 Å². The number of aromatic nitrogens is 2. The third kappa shape index (κ3) is 3.48. The van der Waals surface area contributed by atoms with Gasteiger partial charge in [0.15, 0.2) is 0 Å². The molecule has 0 aliphatic heterocycles. The van der Waals surface area contributed by atoms with Crippen LogP contribution in [0.3, 0.4) is 0 Å². The first kappa shape index (κ1) is 16.1. The van der Waals surface area contributed by atoms with Gasteiger partial charge in [-0.15, -0.1) is 0 Å². The van der Waals surface area contributed by atoms with Crippen LogP contribution in [0.2, 0.25) is 0 Å². The zero-order chi connectivity index (χ0) is 16.1. The summed E-state index contributed by atoms with van der Waals surface area (Å²) >= 11 is 1.06. The Labute approximate surface area is 133 Å². The van der Waals surface area contributed by atoms with Crippen LogP contribution < -0.4 is 10.6 Å². The van der Waals surface area contributed by atoms with Gasteiger partial charge in [-0.05, 0) is 30.6 Å². The zero-order valence-electron chi connectivity index (χ0n) is 12.7. The number of anilines is 1. The fourth-order valence-electron chi connectivity index (χ4n) is 1.75. The SMILES string of the molecule is CCNC(=O)c1snc(-c2ccccn2)c1NC(=O)C(C)C. The third-order valence-corrected chi connectivity index (χ3v) is 3.76. The average Bonchev–Trinajstić information content (AvgIpc) is 2.92. The second-order valence-corrected chi connectivity index (χ2v) is 5.73. The molecule has 0 radical (unpaired) electrons. The number of carbonyl (C=O) groups excluding carboxylic acids is 2. The summed E-state index contributed by atoms with van der Waals surface area (Å²) in [6.07, 6.45) is 1.65. The second-order valence-electron chi connectivity index (χ2n) is 4.95. The van der Waals surface area contributed by atoms with Crippen LogP contribution in [0.1, 0.15) is 30.4 Å². The fraction of sp³-hybridized carbons (Fsp3) is 0.333. The largest absolute Gasteiger partial charge is 0.352 e. The predicted molar refractivity (Wildman–Crippen MR) is 86.8 cm³/mol. The summed E-state index contributed by atoms with van der Waals surface area (Å²) in [7, 11) is 0. The Morgan fingerprint density at radius 1 is 1.32 bits per heavy atom. The molecule has 2 rings (SSSR count). The van der Waals surface area contributed by atoms with E-state index in [2.05, 4.69) is 20.0 Å². The average molecular weight is 318 g/mol. The molecule has 0 saturated heterocycles. The minimum absolute atomic E-state index is 0.164. The molecule has 0 saturated carbocycles. The molecule has 2 amide bonds. The number of rotatable bonds is 5. The van der Waals surface area contributed by atoms with Gasteiger partial charge in [-0.3, -0.25) is 14.6 Å². The lowest BCUT2D eigenvalue weighted by Gasteiger charge is -2.10. The smallest absolute Gasteiger partial charge is 0.265 e. The Bertz CT molecular complexity index is 667. The molecule has 7 heteroatoms. The molecule has 0 aliphatic rings. The first-order chi connectivity index (χ1) is 10.5. The summed E-state index contributed by atoms with van der Waals surface area (Å²) in [5.74, 6) is -0.609. The number of carbonyl (C=O) groups is 2. The fourth-order valence-corrected chi connectivity index (χ4v) is 2.51. The molecule has 0 spiro atoms. The summed E-state index contributed by atoms with van der Waals surface area (Å²) < 4.78 is 4.31. The monoisotopic (exact) mass is 318 g/mol. The van der Waals surface area contributed by atoms with Gasteiger partial charge in [-0.25, -0.2) is 0 Å². The highest BCUT2D eigenvalue weighted by Gasteiger charge is 2.23. The second kappa shape index (κ2) is 7.13. The maximum absolute atomic E-state index is 12.1. The zero-order valence-corrected chi connectivity index (χ0v) is 13.5. The number of nitrogens with one attached hydrogen (secondary N) is 2. The van der Waals surface area contributed by atoms with E-state index in [1.54, 1.807) is 32.2 Å².